The van der Waals surface area contributed by atoms with Crippen LogP contribution in [0.4, 0.5) is 4.79 Å². The molecule has 0 bridgehead atoms. The van der Waals surface area contributed by atoms with Crippen molar-refractivity contribution in [1.82, 2.24) is 14.5 Å². The van der Waals surface area contributed by atoms with Crippen molar-refractivity contribution in [2.45, 2.75) is 63.6 Å². The number of sulfonamides is 1. The summed E-state index contributed by atoms with van der Waals surface area (Å²) in [6.07, 6.45) is 1.08. The second-order valence-corrected chi connectivity index (χ2v) is 12.8. The number of carboxylic acid groups (broad SMARTS) is 2. The third-order valence-corrected chi connectivity index (χ3v) is 9.28. The Balaban J connectivity index is 0.00000130. The van der Waals surface area contributed by atoms with E-state index in [1.54, 1.807) is 43.3 Å². The number of ether oxygens (including phenoxy) is 1. The van der Waals surface area contributed by atoms with Crippen molar-refractivity contribution >= 4 is 33.9 Å². The van der Waals surface area contributed by atoms with Crippen LogP contribution in [0.5, 0.6) is 0 Å². The normalized spacial score (nSPS) is 17.2. The average Bonchev–Trinajstić information content (AvgIpc) is 2.96. The molecule has 2 heterocycles. The van der Waals surface area contributed by atoms with Crippen molar-refractivity contribution in [3.05, 3.63) is 75.9 Å². The molecule has 0 radical (unpaired) electrons. The number of aryl methyl sites for hydroxylation is 1. The molecular weight excluding hydrogens is 602 g/mol. The molecule has 2 aliphatic heterocycles. The second kappa shape index (κ2) is 15.1. The quantitative estimate of drug-likeness (QED) is 0.117. The van der Waals surface area contributed by atoms with Gasteiger partial charge in [0.15, 0.2) is 0 Å². The molecule has 1 amide bonds. The maximum atomic E-state index is 14.1. The standard InChI is InChI=1S/C30H39N5O5S.CH2O3/c1-5-40-30(37)26-15-19(2)11-14-35(26)29(36)25(17-21-7-6-8-22(16-21)28(31)32)33-41(38,39)27-10-9-20(3)23-12-13-34(4)18-24(23)27;2-1(3)4/h6-11,16,25-26,33H,5,12-15,17-18H2,1-4H3,(H3,31,32);(H2,2,3,4)/t25-,26+;/m0./s1. The molecule has 13 nitrogen and oxygen atoms in total. The fourth-order valence-corrected chi connectivity index (χ4v) is 6.96. The van der Waals surface area contributed by atoms with Crippen LogP contribution in [0.2, 0.25) is 0 Å². The van der Waals surface area contributed by atoms with Crippen LogP contribution in [-0.4, -0.2) is 91.1 Å². The number of hydrogen-bond acceptors (Lipinski definition) is 8. The first-order valence-electron chi connectivity index (χ1n) is 14.4. The summed E-state index contributed by atoms with van der Waals surface area (Å²) in [5.41, 5.74) is 10.5. The molecule has 2 atom stereocenters. The summed E-state index contributed by atoms with van der Waals surface area (Å²) in [5, 5.41) is 21.7. The molecule has 0 spiro atoms. The molecule has 244 valence electrons. The van der Waals surface area contributed by atoms with Gasteiger partial charge in [-0.05, 0) is 81.5 Å². The summed E-state index contributed by atoms with van der Waals surface area (Å²) in [6.45, 7) is 7.20. The van der Waals surface area contributed by atoms with Crippen LogP contribution in [0.3, 0.4) is 0 Å². The zero-order valence-corrected chi connectivity index (χ0v) is 26.7. The molecule has 0 saturated heterocycles. The average molecular weight is 644 g/mol. The number of hydrogen-bond donors (Lipinski definition) is 5. The Kier molecular flexibility index (Phi) is 11.9. The van der Waals surface area contributed by atoms with Crippen molar-refractivity contribution in [3.63, 3.8) is 0 Å². The second-order valence-electron chi connectivity index (χ2n) is 11.1. The maximum Gasteiger partial charge on any atom is 0.503 e. The number of nitrogens with zero attached hydrogens (tertiary/aromatic N) is 2. The maximum absolute atomic E-state index is 14.1. The first kappa shape index (κ1) is 35.2. The number of nitrogens with two attached hydrogens (primary N) is 1. The van der Waals surface area contributed by atoms with E-state index in [0.29, 0.717) is 24.1 Å². The lowest BCUT2D eigenvalue weighted by molar-refractivity contribution is -0.155. The van der Waals surface area contributed by atoms with Crippen molar-refractivity contribution < 1.29 is 37.8 Å². The van der Waals surface area contributed by atoms with Crippen LogP contribution in [0.15, 0.2) is 52.9 Å². The fourth-order valence-electron chi connectivity index (χ4n) is 5.52. The monoisotopic (exact) mass is 643 g/mol. The van der Waals surface area contributed by atoms with Crippen LogP contribution in [-0.2, 0) is 43.7 Å². The lowest BCUT2D eigenvalue weighted by Crippen LogP contribution is -2.56. The minimum absolute atomic E-state index is 0.00186. The van der Waals surface area contributed by atoms with Gasteiger partial charge < -0.3 is 30.5 Å². The highest BCUT2D eigenvalue weighted by Gasteiger charge is 2.38. The Morgan fingerprint density at radius 1 is 1.16 bits per heavy atom. The van der Waals surface area contributed by atoms with Gasteiger partial charge in [0.05, 0.1) is 11.5 Å². The van der Waals surface area contributed by atoms with Gasteiger partial charge in [-0.1, -0.05) is 35.9 Å². The number of amidine groups is 1. The first-order chi connectivity index (χ1) is 21.1. The molecule has 6 N–H and O–H groups in total. The Hall–Kier alpha value is -4.27. The van der Waals surface area contributed by atoms with E-state index >= 15 is 0 Å². The highest BCUT2D eigenvalue weighted by Crippen LogP contribution is 2.29. The van der Waals surface area contributed by atoms with E-state index in [-0.39, 0.29) is 30.3 Å². The van der Waals surface area contributed by atoms with Gasteiger partial charge in [-0.3, -0.25) is 10.2 Å². The number of fused-ring (bicyclic) bond motifs is 1. The largest absolute Gasteiger partial charge is 0.503 e. The Labute approximate surface area is 263 Å². The highest BCUT2D eigenvalue weighted by atomic mass is 32.2. The zero-order valence-electron chi connectivity index (χ0n) is 25.9. The molecule has 0 saturated carbocycles. The number of nitrogen functional groups attached to an aromatic ring is 1. The zero-order chi connectivity index (χ0) is 33.5. The smallest absolute Gasteiger partial charge is 0.464 e. The minimum Gasteiger partial charge on any atom is -0.464 e. The number of carbonyl (C=O) groups excluding carboxylic acids is 2. The lowest BCUT2D eigenvalue weighted by atomic mass is 9.95. The van der Waals surface area contributed by atoms with Gasteiger partial charge >= 0.3 is 12.1 Å². The molecule has 14 heteroatoms. The summed E-state index contributed by atoms with van der Waals surface area (Å²) in [6, 6.07) is 8.14. The minimum atomic E-state index is -4.15. The van der Waals surface area contributed by atoms with Gasteiger partial charge in [-0.15, -0.1) is 0 Å². The number of amides is 1. The van der Waals surface area contributed by atoms with E-state index in [0.717, 1.165) is 35.2 Å². The van der Waals surface area contributed by atoms with Gasteiger partial charge in [0, 0.05) is 25.2 Å². The molecule has 2 aromatic carbocycles. The molecule has 4 rings (SSSR count). The summed E-state index contributed by atoms with van der Waals surface area (Å²) in [5.74, 6) is -1.18. The number of benzene rings is 2. The van der Waals surface area contributed by atoms with Crippen molar-refractivity contribution in [2.24, 2.45) is 5.73 Å². The van der Waals surface area contributed by atoms with E-state index in [4.69, 9.17) is 30.9 Å². The van der Waals surface area contributed by atoms with Gasteiger partial charge in [0.25, 0.3) is 0 Å². The highest BCUT2D eigenvalue weighted by molar-refractivity contribution is 7.89. The predicted octanol–water partition coefficient (Wildman–Crippen LogP) is 2.49. The van der Waals surface area contributed by atoms with E-state index in [9.17, 15) is 18.0 Å². The van der Waals surface area contributed by atoms with Gasteiger partial charge in [0.2, 0.25) is 15.9 Å². The summed E-state index contributed by atoms with van der Waals surface area (Å²) in [7, 11) is -2.20. The molecule has 0 aromatic heterocycles. The topological polar surface area (TPSA) is 203 Å². The number of esters is 1. The van der Waals surface area contributed by atoms with Gasteiger partial charge in [-0.2, -0.15) is 4.72 Å². The summed E-state index contributed by atoms with van der Waals surface area (Å²) >= 11 is 0. The van der Waals surface area contributed by atoms with E-state index in [1.165, 1.54) is 4.90 Å². The number of carbonyl (C=O) groups is 3. The van der Waals surface area contributed by atoms with Crippen molar-refractivity contribution in [2.75, 3.05) is 26.7 Å². The SMILES string of the molecule is CCOC(=O)[C@H]1CC(C)=CCN1C(=O)[C@H](Cc1cccc(C(=N)N)c1)NS(=O)(=O)c1ccc(C)c2c1CN(C)CC2.O=C(O)O. The van der Waals surface area contributed by atoms with Crippen LogP contribution in [0, 0.1) is 12.3 Å². The Morgan fingerprint density at radius 2 is 1.84 bits per heavy atom. The number of nitrogens with one attached hydrogen (secondary N) is 2. The number of rotatable bonds is 9. The third-order valence-electron chi connectivity index (χ3n) is 7.73. The van der Waals surface area contributed by atoms with E-state index < -0.39 is 40.1 Å². The van der Waals surface area contributed by atoms with Crippen LogP contribution in [0.1, 0.15) is 48.1 Å². The summed E-state index contributed by atoms with van der Waals surface area (Å²) in [4.78, 5) is 39.2. The lowest BCUT2D eigenvalue weighted by Gasteiger charge is -2.35. The molecule has 0 unspecified atom stereocenters. The van der Waals surface area contributed by atoms with Gasteiger partial charge in [-0.25, -0.2) is 18.0 Å². The van der Waals surface area contributed by atoms with Crippen LogP contribution >= 0.6 is 0 Å². The molecule has 2 aliphatic rings. The molecule has 0 aliphatic carbocycles. The van der Waals surface area contributed by atoms with Gasteiger partial charge in [0.1, 0.15) is 17.9 Å². The van der Waals surface area contributed by atoms with Crippen LogP contribution in [0.25, 0.3) is 0 Å². The Morgan fingerprint density at radius 3 is 2.49 bits per heavy atom. The predicted molar refractivity (Wildman–Crippen MR) is 168 cm³/mol. The number of likely N-dealkylation sites (N-methyl/N-ethyl adjacent to an activating group) is 1. The van der Waals surface area contributed by atoms with E-state index in [1.807, 2.05) is 27.0 Å². The Bertz CT molecular complexity index is 1590. The van der Waals surface area contributed by atoms with E-state index in [2.05, 4.69) is 9.62 Å². The van der Waals surface area contributed by atoms with Crippen LogP contribution < -0.4 is 10.5 Å². The molecule has 0 fully saturated rings. The third kappa shape index (κ3) is 9.12. The van der Waals surface area contributed by atoms with Crippen molar-refractivity contribution in [1.29, 1.82) is 5.41 Å². The molecule has 2 aromatic rings. The van der Waals surface area contributed by atoms with Crippen molar-refractivity contribution in [3.8, 4) is 0 Å². The molecule has 45 heavy (non-hydrogen) atoms. The molecular formula is C31H41N5O8S. The fraction of sp³-hybridized carbons (Fsp3) is 0.419. The first-order valence-corrected chi connectivity index (χ1v) is 15.9. The summed E-state index contributed by atoms with van der Waals surface area (Å²) < 4.78 is 36.0.